The molecule has 146 valence electrons. The Morgan fingerprint density at radius 1 is 1.10 bits per heavy atom. The van der Waals surface area contributed by atoms with Gasteiger partial charge >= 0.3 is 5.97 Å². The number of benzene rings is 2. The highest BCUT2D eigenvalue weighted by Gasteiger charge is 2.33. The van der Waals surface area contributed by atoms with Crippen molar-refractivity contribution in [3.63, 3.8) is 0 Å². The summed E-state index contributed by atoms with van der Waals surface area (Å²) < 4.78 is 6.41. The third-order valence-electron chi connectivity index (χ3n) is 4.72. The average Bonchev–Trinajstić information content (AvgIpc) is 3.21. The molecule has 0 saturated carbocycles. The smallest absolute Gasteiger partial charge is 0.337 e. The van der Waals surface area contributed by atoms with Gasteiger partial charge in [0, 0.05) is 11.4 Å². The fourth-order valence-electron chi connectivity index (χ4n) is 3.33. The standard InChI is InChI=1S/C21H19N5O3/c1-13-17(19(27)25-16-6-4-3-5-7-16)18(26-21(24-13)22-12-23-26)14-8-10-15(11-9-14)20(28)29-2/h3-12,18H,1-2H3,(H,25,27)(H,22,23,24)/t18-/m0/s1. The second-order valence-electron chi connectivity index (χ2n) is 6.53. The predicted octanol–water partition coefficient (Wildman–Crippen LogP) is 2.99. The topological polar surface area (TPSA) is 98.1 Å². The molecule has 2 N–H and O–H groups in total. The van der Waals surface area contributed by atoms with Gasteiger partial charge in [-0.1, -0.05) is 30.3 Å². The maximum absolute atomic E-state index is 13.2. The summed E-state index contributed by atoms with van der Waals surface area (Å²) >= 11 is 0. The van der Waals surface area contributed by atoms with Crippen molar-refractivity contribution in [1.82, 2.24) is 14.8 Å². The number of amides is 1. The van der Waals surface area contributed by atoms with Gasteiger partial charge in [-0.3, -0.25) is 4.79 Å². The number of hydrogen-bond donors (Lipinski definition) is 2. The largest absolute Gasteiger partial charge is 0.465 e. The van der Waals surface area contributed by atoms with Gasteiger partial charge < -0.3 is 15.4 Å². The summed E-state index contributed by atoms with van der Waals surface area (Å²) in [5, 5.41) is 10.4. The van der Waals surface area contributed by atoms with Crippen LogP contribution in [0.1, 0.15) is 28.9 Å². The number of rotatable bonds is 4. The Labute approximate surface area is 167 Å². The summed E-state index contributed by atoms with van der Waals surface area (Å²) in [5.41, 5.74) is 3.11. The number of esters is 1. The van der Waals surface area contributed by atoms with Gasteiger partial charge in [0.15, 0.2) is 0 Å². The van der Waals surface area contributed by atoms with E-state index in [-0.39, 0.29) is 5.91 Å². The molecule has 3 aromatic rings. The Bertz CT molecular complexity index is 1090. The number of aromatic nitrogens is 3. The number of allylic oxidation sites excluding steroid dienone is 1. The van der Waals surface area contributed by atoms with Crippen molar-refractivity contribution < 1.29 is 14.3 Å². The van der Waals surface area contributed by atoms with E-state index in [1.54, 1.807) is 28.9 Å². The number of para-hydroxylation sites is 1. The maximum atomic E-state index is 13.2. The molecular formula is C21H19N5O3. The minimum atomic E-state index is -0.496. The molecule has 1 aliphatic rings. The van der Waals surface area contributed by atoms with Crippen LogP contribution in [0, 0.1) is 0 Å². The number of nitrogens with zero attached hydrogens (tertiary/aromatic N) is 3. The molecule has 8 nitrogen and oxygen atoms in total. The first kappa shape index (κ1) is 18.4. The highest BCUT2D eigenvalue weighted by atomic mass is 16.5. The van der Waals surface area contributed by atoms with Crippen LogP contribution in [0.15, 0.2) is 72.2 Å². The van der Waals surface area contributed by atoms with Gasteiger partial charge in [0.1, 0.15) is 12.4 Å². The van der Waals surface area contributed by atoms with E-state index in [4.69, 9.17) is 4.74 Å². The third-order valence-corrected chi connectivity index (χ3v) is 4.72. The van der Waals surface area contributed by atoms with Crippen LogP contribution < -0.4 is 10.6 Å². The summed E-state index contributed by atoms with van der Waals surface area (Å²) in [5.74, 6) is -0.123. The number of fused-ring (bicyclic) bond motifs is 1. The van der Waals surface area contributed by atoms with E-state index in [1.165, 1.54) is 13.4 Å². The van der Waals surface area contributed by atoms with Gasteiger partial charge in [0.05, 0.1) is 18.2 Å². The van der Waals surface area contributed by atoms with Crippen LogP contribution >= 0.6 is 0 Å². The number of nitrogens with one attached hydrogen (secondary N) is 2. The molecule has 0 aliphatic carbocycles. The molecule has 1 atom stereocenters. The van der Waals surface area contributed by atoms with Crippen LogP contribution in [0.25, 0.3) is 0 Å². The van der Waals surface area contributed by atoms with Gasteiger partial charge in [-0.15, -0.1) is 0 Å². The quantitative estimate of drug-likeness (QED) is 0.666. The van der Waals surface area contributed by atoms with Crippen molar-refractivity contribution in [3.8, 4) is 0 Å². The van der Waals surface area contributed by atoms with Crippen LogP contribution in [-0.2, 0) is 9.53 Å². The average molecular weight is 389 g/mol. The first-order valence-electron chi connectivity index (χ1n) is 9.00. The van der Waals surface area contributed by atoms with Crippen molar-refractivity contribution in [2.45, 2.75) is 13.0 Å². The molecular weight excluding hydrogens is 370 g/mol. The lowest BCUT2D eigenvalue weighted by Gasteiger charge is -2.28. The minimum absolute atomic E-state index is 0.246. The van der Waals surface area contributed by atoms with E-state index in [9.17, 15) is 9.59 Å². The number of hydrogen-bond acceptors (Lipinski definition) is 6. The van der Waals surface area contributed by atoms with E-state index in [2.05, 4.69) is 20.7 Å². The number of anilines is 2. The summed E-state index contributed by atoms with van der Waals surface area (Å²) in [6.07, 6.45) is 1.43. The zero-order valence-corrected chi connectivity index (χ0v) is 15.9. The lowest BCUT2D eigenvalue weighted by atomic mass is 9.94. The second kappa shape index (κ2) is 7.59. The van der Waals surface area contributed by atoms with Crippen molar-refractivity contribution in [2.24, 2.45) is 0 Å². The zero-order chi connectivity index (χ0) is 20.4. The molecule has 0 radical (unpaired) electrons. The van der Waals surface area contributed by atoms with Crippen LogP contribution in [0.5, 0.6) is 0 Å². The molecule has 0 bridgehead atoms. The first-order valence-corrected chi connectivity index (χ1v) is 9.00. The zero-order valence-electron chi connectivity index (χ0n) is 15.9. The third kappa shape index (κ3) is 3.47. The van der Waals surface area contributed by atoms with E-state index in [0.29, 0.717) is 28.5 Å². The fraction of sp³-hybridized carbons (Fsp3) is 0.143. The molecule has 2 aromatic carbocycles. The Hall–Kier alpha value is -3.94. The molecule has 0 saturated heterocycles. The Kier molecular flexibility index (Phi) is 4.82. The summed E-state index contributed by atoms with van der Waals surface area (Å²) in [4.78, 5) is 29.1. The predicted molar refractivity (Wildman–Crippen MR) is 107 cm³/mol. The summed E-state index contributed by atoms with van der Waals surface area (Å²) in [7, 11) is 1.34. The number of methoxy groups -OCH3 is 1. The van der Waals surface area contributed by atoms with E-state index in [1.807, 2.05) is 37.3 Å². The Morgan fingerprint density at radius 3 is 2.52 bits per heavy atom. The van der Waals surface area contributed by atoms with Crippen LogP contribution in [0.4, 0.5) is 11.6 Å². The lowest BCUT2D eigenvalue weighted by molar-refractivity contribution is -0.113. The van der Waals surface area contributed by atoms with Gasteiger partial charge in [-0.25, -0.2) is 9.48 Å². The van der Waals surface area contributed by atoms with Gasteiger partial charge in [0.2, 0.25) is 5.95 Å². The Balaban J connectivity index is 1.74. The monoisotopic (exact) mass is 389 g/mol. The summed E-state index contributed by atoms with van der Waals surface area (Å²) in [6, 6.07) is 15.7. The van der Waals surface area contributed by atoms with Gasteiger partial charge in [0.25, 0.3) is 5.91 Å². The van der Waals surface area contributed by atoms with Crippen molar-refractivity contribution in [1.29, 1.82) is 0 Å². The summed E-state index contributed by atoms with van der Waals surface area (Å²) in [6.45, 7) is 1.83. The number of carbonyl (C=O) groups is 2. The second-order valence-corrected chi connectivity index (χ2v) is 6.53. The number of carbonyl (C=O) groups excluding carboxylic acids is 2. The molecule has 0 unspecified atom stereocenters. The van der Waals surface area contributed by atoms with Crippen LogP contribution in [-0.4, -0.2) is 33.8 Å². The molecule has 1 aromatic heterocycles. The maximum Gasteiger partial charge on any atom is 0.337 e. The van der Waals surface area contributed by atoms with Gasteiger partial charge in [-0.2, -0.15) is 10.1 Å². The van der Waals surface area contributed by atoms with E-state index in [0.717, 1.165) is 5.56 Å². The minimum Gasteiger partial charge on any atom is -0.465 e. The highest BCUT2D eigenvalue weighted by Crippen LogP contribution is 2.35. The molecule has 8 heteroatoms. The molecule has 1 aliphatic heterocycles. The van der Waals surface area contributed by atoms with Gasteiger partial charge in [-0.05, 0) is 36.8 Å². The normalized spacial score (nSPS) is 15.3. The van der Waals surface area contributed by atoms with Crippen molar-refractivity contribution in [3.05, 3.63) is 83.3 Å². The highest BCUT2D eigenvalue weighted by molar-refractivity contribution is 6.06. The Morgan fingerprint density at radius 2 is 1.83 bits per heavy atom. The molecule has 1 amide bonds. The van der Waals surface area contributed by atoms with Crippen LogP contribution in [0.3, 0.4) is 0 Å². The molecule has 0 fully saturated rings. The molecule has 4 rings (SSSR count). The van der Waals surface area contributed by atoms with E-state index < -0.39 is 12.0 Å². The molecule has 0 spiro atoms. The number of ether oxygens (including phenoxy) is 1. The lowest BCUT2D eigenvalue weighted by Crippen LogP contribution is -2.31. The van der Waals surface area contributed by atoms with Crippen molar-refractivity contribution in [2.75, 3.05) is 17.7 Å². The SMILES string of the molecule is COC(=O)c1ccc([C@H]2C(C(=O)Nc3ccccc3)=C(C)Nc3ncnn32)cc1. The first-order chi connectivity index (χ1) is 14.1. The van der Waals surface area contributed by atoms with Crippen molar-refractivity contribution >= 4 is 23.5 Å². The fourth-order valence-corrected chi connectivity index (χ4v) is 3.33. The molecule has 2 heterocycles. The van der Waals surface area contributed by atoms with E-state index >= 15 is 0 Å². The molecule has 29 heavy (non-hydrogen) atoms. The van der Waals surface area contributed by atoms with Crippen LogP contribution in [0.2, 0.25) is 0 Å².